The van der Waals surface area contributed by atoms with Crippen LogP contribution in [0.3, 0.4) is 0 Å². The first kappa shape index (κ1) is 22.8. The van der Waals surface area contributed by atoms with Crippen molar-refractivity contribution in [3.63, 3.8) is 0 Å². The van der Waals surface area contributed by atoms with Crippen LogP contribution in [-0.4, -0.2) is 66.1 Å². The number of aromatic nitrogens is 2. The topological polar surface area (TPSA) is 85.6 Å². The normalized spacial score (nSPS) is 17.7. The van der Waals surface area contributed by atoms with Crippen molar-refractivity contribution in [3.8, 4) is 11.8 Å². The number of aryl methyl sites for hydroxylation is 1. The molecule has 2 unspecified atom stereocenters. The zero-order chi connectivity index (χ0) is 22.4. The second-order valence-electron chi connectivity index (χ2n) is 7.90. The summed E-state index contributed by atoms with van der Waals surface area (Å²) in [5, 5.41) is 2.59. The monoisotopic (exact) mass is 426 g/mol. The molecule has 2 heterocycles. The van der Waals surface area contributed by atoms with Crippen molar-refractivity contribution in [1.29, 1.82) is 0 Å². The van der Waals surface area contributed by atoms with Gasteiger partial charge in [-0.25, -0.2) is 4.79 Å². The van der Waals surface area contributed by atoms with E-state index in [1.54, 1.807) is 13.1 Å². The number of carbonyl (C=O) groups excluding carboxylic acids is 2. The first-order valence-corrected chi connectivity index (χ1v) is 10.6. The molecule has 1 N–H and O–H groups in total. The van der Waals surface area contributed by atoms with E-state index in [1.807, 2.05) is 12.1 Å². The molecule has 1 aromatic carbocycles. The zero-order valence-electron chi connectivity index (χ0n) is 18.4. The molecule has 8 heteroatoms. The predicted octanol–water partition coefficient (Wildman–Crippen LogP) is 1.07. The van der Waals surface area contributed by atoms with Crippen LogP contribution in [0.4, 0.5) is 0 Å². The van der Waals surface area contributed by atoms with E-state index in [9.17, 15) is 14.4 Å². The van der Waals surface area contributed by atoms with Gasteiger partial charge in [-0.15, -0.1) is 0 Å². The smallest absolute Gasteiger partial charge is 0.329 e. The Morgan fingerprint density at radius 1 is 1.39 bits per heavy atom. The largest absolute Gasteiger partial charge is 0.364 e. The lowest BCUT2D eigenvalue weighted by Crippen LogP contribution is -2.37. The van der Waals surface area contributed by atoms with Crippen molar-refractivity contribution < 1.29 is 14.3 Å². The number of hydrogen-bond donors (Lipinski definition) is 1. The lowest BCUT2D eigenvalue weighted by molar-refractivity contribution is -0.124. The Morgan fingerprint density at radius 3 is 2.90 bits per heavy atom. The predicted molar refractivity (Wildman–Crippen MR) is 119 cm³/mol. The number of likely N-dealkylation sites (tertiary alicyclic amines) is 1. The summed E-state index contributed by atoms with van der Waals surface area (Å²) in [6, 6.07) is 4.71. The average molecular weight is 427 g/mol. The Kier molecular flexibility index (Phi) is 7.66. The molecule has 1 aliphatic rings. The third-order valence-corrected chi connectivity index (χ3v) is 5.72. The fourth-order valence-corrected chi connectivity index (χ4v) is 4.16. The maximum absolute atomic E-state index is 13.0. The number of rotatable bonds is 7. The van der Waals surface area contributed by atoms with E-state index in [1.165, 1.54) is 16.2 Å². The first-order valence-electron chi connectivity index (χ1n) is 10.6. The van der Waals surface area contributed by atoms with E-state index in [0.717, 1.165) is 32.2 Å². The number of aldehydes is 1. The van der Waals surface area contributed by atoms with Crippen LogP contribution >= 0.6 is 0 Å². The molecule has 2 atom stereocenters. The van der Waals surface area contributed by atoms with Gasteiger partial charge in [0, 0.05) is 27.1 Å². The van der Waals surface area contributed by atoms with Crippen molar-refractivity contribution in [2.45, 2.75) is 37.8 Å². The van der Waals surface area contributed by atoms with E-state index in [-0.39, 0.29) is 30.5 Å². The van der Waals surface area contributed by atoms with Gasteiger partial charge in [0.15, 0.2) is 0 Å². The number of imidazole rings is 1. The Bertz CT molecular complexity index is 1060. The van der Waals surface area contributed by atoms with Crippen molar-refractivity contribution in [2.75, 3.05) is 33.8 Å². The molecule has 31 heavy (non-hydrogen) atoms. The summed E-state index contributed by atoms with van der Waals surface area (Å²) in [7, 11) is 5.28. The van der Waals surface area contributed by atoms with E-state index >= 15 is 0 Å². The summed E-state index contributed by atoms with van der Waals surface area (Å²) >= 11 is 0. The van der Waals surface area contributed by atoms with Crippen LogP contribution in [-0.2, 0) is 21.4 Å². The summed E-state index contributed by atoms with van der Waals surface area (Å²) < 4.78 is 8.86. The maximum Gasteiger partial charge on any atom is 0.329 e. The van der Waals surface area contributed by atoms with E-state index in [2.05, 4.69) is 29.1 Å². The van der Waals surface area contributed by atoms with E-state index < -0.39 is 6.04 Å². The highest BCUT2D eigenvalue weighted by atomic mass is 16.5. The van der Waals surface area contributed by atoms with E-state index in [4.69, 9.17) is 4.74 Å². The van der Waals surface area contributed by atoms with Gasteiger partial charge in [0.2, 0.25) is 5.91 Å². The van der Waals surface area contributed by atoms with Crippen LogP contribution in [0, 0.1) is 11.8 Å². The number of amides is 1. The standard InChI is InChI=1S/C23H30N4O4/c1-24-22(29)20(12-6-14-28)27-19-11-4-8-17(21(19)26(3)23(27)30)9-7-15-31-18-10-5-13-25(2)16-18/h4,8,11,14,18,20H,5-6,10,12-13,15-16H2,1-3H3,(H,24,29). The fraction of sp³-hybridized carbons (Fsp3) is 0.522. The quantitative estimate of drug-likeness (QED) is 0.529. The lowest BCUT2D eigenvalue weighted by atomic mass is 10.1. The van der Waals surface area contributed by atoms with Crippen molar-refractivity contribution in [3.05, 3.63) is 34.2 Å². The minimum absolute atomic E-state index is 0.189. The minimum Gasteiger partial charge on any atom is -0.364 e. The number of hydrogen-bond acceptors (Lipinski definition) is 5. The Balaban J connectivity index is 1.90. The molecule has 0 saturated carbocycles. The highest BCUT2D eigenvalue weighted by molar-refractivity contribution is 5.87. The van der Waals surface area contributed by atoms with Crippen molar-refractivity contribution in [2.24, 2.45) is 7.05 Å². The fourth-order valence-electron chi connectivity index (χ4n) is 4.16. The highest BCUT2D eigenvalue weighted by Gasteiger charge is 2.25. The van der Waals surface area contributed by atoms with Gasteiger partial charge in [-0.05, 0) is 45.0 Å². The highest BCUT2D eigenvalue weighted by Crippen LogP contribution is 2.22. The number of fused-ring (bicyclic) bond motifs is 1. The average Bonchev–Trinajstić information content (AvgIpc) is 3.02. The molecule has 0 spiro atoms. The zero-order valence-corrected chi connectivity index (χ0v) is 18.4. The molecule has 1 saturated heterocycles. The number of ether oxygens (including phenoxy) is 1. The lowest BCUT2D eigenvalue weighted by Gasteiger charge is -2.28. The van der Waals surface area contributed by atoms with Gasteiger partial charge in [0.1, 0.15) is 18.9 Å². The summed E-state index contributed by atoms with van der Waals surface area (Å²) in [6.45, 7) is 2.34. The third kappa shape index (κ3) is 5.06. The Labute approximate surface area is 182 Å². The molecule has 166 valence electrons. The van der Waals surface area contributed by atoms with Crippen LogP contribution in [0.15, 0.2) is 23.0 Å². The molecule has 3 rings (SSSR count). The van der Waals surface area contributed by atoms with Crippen LogP contribution in [0.5, 0.6) is 0 Å². The number of benzene rings is 1. The number of likely N-dealkylation sites (N-methyl/N-ethyl adjacent to an activating group) is 2. The van der Waals surface area contributed by atoms with Gasteiger partial charge in [-0.3, -0.25) is 13.9 Å². The summed E-state index contributed by atoms with van der Waals surface area (Å²) in [4.78, 5) is 38.6. The number of para-hydroxylation sites is 1. The van der Waals surface area contributed by atoms with Gasteiger partial charge >= 0.3 is 5.69 Å². The summed E-state index contributed by atoms with van der Waals surface area (Å²) in [5.41, 5.74) is 1.67. The Morgan fingerprint density at radius 2 is 2.19 bits per heavy atom. The van der Waals surface area contributed by atoms with Crippen molar-refractivity contribution in [1.82, 2.24) is 19.4 Å². The number of piperidine rings is 1. The number of nitrogens with one attached hydrogen (secondary N) is 1. The van der Waals surface area contributed by atoms with Gasteiger partial charge in [0.05, 0.1) is 22.7 Å². The molecule has 8 nitrogen and oxygen atoms in total. The molecular weight excluding hydrogens is 396 g/mol. The number of carbonyl (C=O) groups is 2. The second kappa shape index (κ2) is 10.4. The molecule has 1 fully saturated rings. The first-order chi connectivity index (χ1) is 15.0. The molecule has 2 aromatic rings. The van der Waals surface area contributed by atoms with Gasteiger partial charge < -0.3 is 19.7 Å². The van der Waals surface area contributed by atoms with Crippen LogP contribution < -0.4 is 11.0 Å². The summed E-state index contributed by atoms with van der Waals surface area (Å²) in [5.74, 6) is 5.89. The molecule has 1 aliphatic heterocycles. The van der Waals surface area contributed by atoms with Crippen LogP contribution in [0.1, 0.15) is 37.3 Å². The van der Waals surface area contributed by atoms with E-state index in [0.29, 0.717) is 23.2 Å². The molecule has 1 amide bonds. The second-order valence-corrected chi connectivity index (χ2v) is 7.90. The molecule has 1 aromatic heterocycles. The summed E-state index contributed by atoms with van der Waals surface area (Å²) in [6.07, 6.45) is 3.56. The molecule has 0 radical (unpaired) electrons. The van der Waals surface area contributed by atoms with Crippen LogP contribution in [0.2, 0.25) is 0 Å². The Hall–Kier alpha value is -2.89. The van der Waals surface area contributed by atoms with Crippen LogP contribution in [0.25, 0.3) is 11.0 Å². The van der Waals surface area contributed by atoms with Crippen molar-refractivity contribution >= 4 is 23.2 Å². The molecular formula is C23H30N4O4. The third-order valence-electron chi connectivity index (χ3n) is 5.72. The van der Waals surface area contributed by atoms with Gasteiger partial charge in [-0.2, -0.15) is 0 Å². The molecule has 0 bridgehead atoms. The SMILES string of the molecule is CNC(=O)C(CCC=O)n1c(=O)n(C)c2c(C#CCOC3CCCN(C)C3)cccc21. The minimum atomic E-state index is -0.763. The van der Waals surface area contributed by atoms with Gasteiger partial charge in [-0.1, -0.05) is 17.9 Å². The maximum atomic E-state index is 13.0. The molecule has 0 aliphatic carbocycles. The van der Waals surface area contributed by atoms with Gasteiger partial charge in [0.25, 0.3) is 0 Å². The number of nitrogens with zero attached hydrogens (tertiary/aromatic N) is 3.